The largest absolute Gasteiger partial charge is 0.311 e. The molecule has 2 rings (SSSR count). The van der Waals surface area contributed by atoms with E-state index in [9.17, 15) is 4.79 Å². The zero-order valence-corrected chi connectivity index (χ0v) is 11.0. The molecule has 0 radical (unpaired) electrons. The second-order valence-electron chi connectivity index (χ2n) is 5.88. The number of ketones is 1. The predicted octanol–water partition coefficient (Wildman–Crippen LogP) is 3.59. The first kappa shape index (κ1) is 13.1. The van der Waals surface area contributed by atoms with Crippen LogP contribution in [0, 0.1) is 0 Å². The third-order valence-corrected chi connectivity index (χ3v) is 4.37. The number of carbonyl (C=O) groups excluding carboxylic acids is 1. The first-order valence-electron chi connectivity index (χ1n) is 7.62. The van der Waals surface area contributed by atoms with E-state index in [1.165, 1.54) is 51.4 Å². The molecule has 0 aliphatic heterocycles. The first-order chi connectivity index (χ1) is 8.34. The Kier molecular flexibility index (Phi) is 5.50. The van der Waals surface area contributed by atoms with E-state index in [1.54, 1.807) is 0 Å². The monoisotopic (exact) mass is 237 g/mol. The Morgan fingerprint density at radius 3 is 1.76 bits per heavy atom. The molecule has 0 aromatic rings. The quantitative estimate of drug-likeness (QED) is 0.795. The Balaban J connectivity index is 1.73. The van der Waals surface area contributed by atoms with Gasteiger partial charge in [0.25, 0.3) is 0 Å². The lowest BCUT2D eigenvalue weighted by atomic mass is 9.92. The van der Waals surface area contributed by atoms with Crippen molar-refractivity contribution in [2.24, 2.45) is 0 Å². The third-order valence-electron chi connectivity index (χ3n) is 4.37. The van der Waals surface area contributed by atoms with Crippen molar-refractivity contribution in [3.8, 4) is 0 Å². The summed E-state index contributed by atoms with van der Waals surface area (Å²) in [6, 6.07) is 1.35. The fourth-order valence-corrected chi connectivity index (χ4v) is 3.24. The zero-order valence-electron chi connectivity index (χ0n) is 11.0. The fraction of sp³-hybridized carbons (Fsp3) is 0.933. The van der Waals surface area contributed by atoms with E-state index in [1.807, 2.05) is 0 Å². The highest BCUT2D eigenvalue weighted by Gasteiger charge is 2.21. The van der Waals surface area contributed by atoms with Crippen molar-refractivity contribution in [2.75, 3.05) is 0 Å². The van der Waals surface area contributed by atoms with Crippen molar-refractivity contribution in [3.05, 3.63) is 0 Å². The third kappa shape index (κ3) is 4.79. The molecule has 0 amide bonds. The zero-order chi connectivity index (χ0) is 11.9. The average Bonchev–Trinajstić information content (AvgIpc) is 2.46. The minimum atomic E-state index is 0.470. The highest BCUT2D eigenvalue weighted by Crippen LogP contribution is 2.20. The van der Waals surface area contributed by atoms with Gasteiger partial charge in [-0.2, -0.15) is 0 Å². The van der Waals surface area contributed by atoms with Gasteiger partial charge in [0, 0.05) is 24.9 Å². The number of rotatable bonds is 2. The van der Waals surface area contributed by atoms with Gasteiger partial charge in [0.05, 0.1) is 0 Å². The molecule has 0 aromatic heterocycles. The van der Waals surface area contributed by atoms with Crippen LogP contribution < -0.4 is 5.32 Å². The van der Waals surface area contributed by atoms with Crippen LogP contribution >= 0.6 is 0 Å². The fourth-order valence-electron chi connectivity index (χ4n) is 3.24. The van der Waals surface area contributed by atoms with Crippen LogP contribution in [0.1, 0.15) is 77.0 Å². The van der Waals surface area contributed by atoms with E-state index in [-0.39, 0.29) is 0 Å². The summed E-state index contributed by atoms with van der Waals surface area (Å²) in [4.78, 5) is 11.2. The maximum absolute atomic E-state index is 11.2. The van der Waals surface area contributed by atoms with Gasteiger partial charge in [-0.15, -0.1) is 0 Å². The Bertz CT molecular complexity index is 219. The Hall–Kier alpha value is -0.370. The van der Waals surface area contributed by atoms with Gasteiger partial charge in [-0.25, -0.2) is 0 Å². The van der Waals surface area contributed by atoms with E-state index in [0.29, 0.717) is 11.8 Å². The molecule has 0 bridgehead atoms. The van der Waals surface area contributed by atoms with Gasteiger partial charge in [0.2, 0.25) is 0 Å². The first-order valence-corrected chi connectivity index (χ1v) is 7.62. The molecule has 0 aromatic carbocycles. The highest BCUT2D eigenvalue weighted by molar-refractivity contribution is 5.79. The van der Waals surface area contributed by atoms with Gasteiger partial charge in [-0.3, -0.25) is 4.79 Å². The Morgan fingerprint density at radius 2 is 1.18 bits per heavy atom. The molecule has 2 aliphatic rings. The maximum Gasteiger partial charge on any atom is 0.133 e. The molecule has 2 heteroatoms. The minimum absolute atomic E-state index is 0.470. The van der Waals surface area contributed by atoms with Crippen molar-refractivity contribution in [2.45, 2.75) is 89.1 Å². The van der Waals surface area contributed by atoms with Crippen molar-refractivity contribution in [1.29, 1.82) is 0 Å². The summed E-state index contributed by atoms with van der Waals surface area (Å²) in [5.74, 6) is 0.470. The smallest absolute Gasteiger partial charge is 0.133 e. The predicted molar refractivity (Wildman–Crippen MR) is 71.1 cm³/mol. The van der Waals surface area contributed by atoms with E-state index in [2.05, 4.69) is 5.32 Å². The molecule has 17 heavy (non-hydrogen) atoms. The molecule has 98 valence electrons. The lowest BCUT2D eigenvalue weighted by Crippen LogP contribution is -2.40. The second-order valence-corrected chi connectivity index (χ2v) is 5.88. The Morgan fingerprint density at radius 1 is 0.706 bits per heavy atom. The van der Waals surface area contributed by atoms with Crippen LogP contribution in [0.25, 0.3) is 0 Å². The topological polar surface area (TPSA) is 29.1 Å². The summed E-state index contributed by atoms with van der Waals surface area (Å²) in [5.41, 5.74) is 0. The number of hydrogen-bond donors (Lipinski definition) is 1. The molecule has 2 aliphatic carbocycles. The van der Waals surface area contributed by atoms with Gasteiger partial charge < -0.3 is 5.32 Å². The number of nitrogens with one attached hydrogen (secondary N) is 1. The summed E-state index contributed by atoms with van der Waals surface area (Å²) >= 11 is 0. The van der Waals surface area contributed by atoms with E-state index in [0.717, 1.165) is 31.7 Å². The average molecular weight is 237 g/mol. The molecular formula is C15H27NO. The Labute approximate surface area is 106 Å². The summed E-state index contributed by atoms with van der Waals surface area (Å²) in [5, 5.41) is 3.82. The highest BCUT2D eigenvalue weighted by atomic mass is 16.1. The van der Waals surface area contributed by atoms with Crippen LogP contribution in [0.15, 0.2) is 0 Å². The number of Topliss-reactive ketones (excluding diaryl/α,β-unsaturated/α-hetero) is 1. The summed E-state index contributed by atoms with van der Waals surface area (Å²) < 4.78 is 0. The van der Waals surface area contributed by atoms with Gasteiger partial charge in [0.15, 0.2) is 0 Å². The molecule has 1 N–H and O–H groups in total. The SMILES string of the molecule is O=C1CCC(NC2CCCCCCCC2)CC1. The molecule has 0 unspecified atom stereocenters. The number of hydrogen-bond acceptors (Lipinski definition) is 2. The van der Waals surface area contributed by atoms with Crippen LogP contribution in [-0.4, -0.2) is 17.9 Å². The summed E-state index contributed by atoms with van der Waals surface area (Å²) in [6.07, 6.45) is 15.0. The molecule has 2 nitrogen and oxygen atoms in total. The lowest BCUT2D eigenvalue weighted by Gasteiger charge is -2.28. The maximum atomic E-state index is 11.2. The molecule has 0 heterocycles. The normalized spacial score (nSPS) is 26.2. The van der Waals surface area contributed by atoms with Crippen molar-refractivity contribution < 1.29 is 4.79 Å². The van der Waals surface area contributed by atoms with Gasteiger partial charge in [0.1, 0.15) is 5.78 Å². The van der Waals surface area contributed by atoms with Crippen molar-refractivity contribution in [1.82, 2.24) is 5.32 Å². The standard InChI is InChI=1S/C15H27NO/c17-15-11-9-14(10-12-15)16-13-7-5-3-1-2-4-6-8-13/h13-14,16H,1-12H2. The van der Waals surface area contributed by atoms with Crippen LogP contribution in [0.4, 0.5) is 0 Å². The molecule has 0 atom stereocenters. The minimum Gasteiger partial charge on any atom is -0.311 e. The van der Waals surface area contributed by atoms with Crippen molar-refractivity contribution >= 4 is 5.78 Å². The second kappa shape index (κ2) is 7.15. The molecule has 2 fully saturated rings. The van der Waals surface area contributed by atoms with Gasteiger partial charge in [-0.05, 0) is 25.7 Å². The molecule has 2 saturated carbocycles. The van der Waals surface area contributed by atoms with Crippen molar-refractivity contribution in [3.63, 3.8) is 0 Å². The van der Waals surface area contributed by atoms with E-state index in [4.69, 9.17) is 0 Å². The number of carbonyl (C=O) groups is 1. The van der Waals surface area contributed by atoms with Crippen LogP contribution in [-0.2, 0) is 4.79 Å². The lowest BCUT2D eigenvalue weighted by molar-refractivity contribution is -0.120. The molecule has 0 saturated heterocycles. The summed E-state index contributed by atoms with van der Waals surface area (Å²) in [7, 11) is 0. The summed E-state index contributed by atoms with van der Waals surface area (Å²) in [6.45, 7) is 0. The van der Waals surface area contributed by atoms with Crippen LogP contribution in [0.2, 0.25) is 0 Å². The van der Waals surface area contributed by atoms with Crippen LogP contribution in [0.3, 0.4) is 0 Å². The van der Waals surface area contributed by atoms with E-state index < -0.39 is 0 Å². The molecule has 0 spiro atoms. The van der Waals surface area contributed by atoms with E-state index >= 15 is 0 Å². The van der Waals surface area contributed by atoms with Gasteiger partial charge in [-0.1, -0.05) is 38.5 Å². The van der Waals surface area contributed by atoms with Gasteiger partial charge >= 0.3 is 0 Å². The molecular weight excluding hydrogens is 210 g/mol. The van der Waals surface area contributed by atoms with Crippen LogP contribution in [0.5, 0.6) is 0 Å².